The average Bonchev–Trinajstić information content (AvgIpc) is 2.56. The van der Waals surface area contributed by atoms with Crippen molar-refractivity contribution in [3.8, 4) is 0 Å². The number of rotatable bonds is 3. The van der Waals surface area contributed by atoms with Gasteiger partial charge in [0.25, 0.3) is 5.91 Å². The molecule has 0 spiro atoms. The van der Waals surface area contributed by atoms with E-state index in [9.17, 15) is 9.59 Å². The summed E-state index contributed by atoms with van der Waals surface area (Å²) in [5.74, 6) is -0.561. The van der Waals surface area contributed by atoms with E-state index in [0.29, 0.717) is 9.90 Å². The zero-order chi connectivity index (χ0) is 11.4. The SMILES string of the molecule is CNC(=O)CNC(=O)c1scc(C)c1Cl. The lowest BCUT2D eigenvalue weighted by Crippen LogP contribution is -2.34. The van der Waals surface area contributed by atoms with Crippen molar-refractivity contribution >= 4 is 34.8 Å². The van der Waals surface area contributed by atoms with Crippen LogP contribution < -0.4 is 10.6 Å². The van der Waals surface area contributed by atoms with Gasteiger partial charge in [-0.25, -0.2) is 0 Å². The van der Waals surface area contributed by atoms with Crippen LogP contribution in [0.25, 0.3) is 0 Å². The highest BCUT2D eigenvalue weighted by Crippen LogP contribution is 2.26. The van der Waals surface area contributed by atoms with E-state index in [0.717, 1.165) is 5.56 Å². The lowest BCUT2D eigenvalue weighted by molar-refractivity contribution is -0.119. The maximum absolute atomic E-state index is 11.5. The van der Waals surface area contributed by atoms with Crippen molar-refractivity contribution in [3.05, 3.63) is 20.8 Å². The molecule has 0 bridgehead atoms. The average molecular weight is 247 g/mol. The normalized spacial score (nSPS) is 9.80. The molecule has 4 nitrogen and oxygen atoms in total. The number of halogens is 1. The second-order valence-corrected chi connectivity index (χ2v) is 4.18. The summed E-state index contributed by atoms with van der Waals surface area (Å²) in [4.78, 5) is 22.9. The van der Waals surface area contributed by atoms with E-state index in [1.165, 1.54) is 18.4 Å². The largest absolute Gasteiger partial charge is 0.358 e. The molecule has 1 heterocycles. The van der Waals surface area contributed by atoms with Crippen molar-refractivity contribution in [1.29, 1.82) is 0 Å². The molecule has 0 aliphatic heterocycles. The van der Waals surface area contributed by atoms with E-state index in [2.05, 4.69) is 10.6 Å². The molecular weight excluding hydrogens is 236 g/mol. The number of hydrogen-bond donors (Lipinski definition) is 2. The molecule has 1 aromatic heterocycles. The number of amides is 2. The summed E-state index contributed by atoms with van der Waals surface area (Å²) in [6.45, 7) is 1.79. The highest BCUT2D eigenvalue weighted by atomic mass is 35.5. The molecular formula is C9H11ClN2O2S. The predicted octanol–water partition coefficient (Wildman–Crippen LogP) is 1.19. The van der Waals surface area contributed by atoms with Gasteiger partial charge in [-0.15, -0.1) is 11.3 Å². The Morgan fingerprint density at radius 1 is 1.53 bits per heavy atom. The molecule has 15 heavy (non-hydrogen) atoms. The van der Waals surface area contributed by atoms with E-state index >= 15 is 0 Å². The Balaban J connectivity index is 2.62. The zero-order valence-corrected chi connectivity index (χ0v) is 9.96. The van der Waals surface area contributed by atoms with E-state index in [4.69, 9.17) is 11.6 Å². The number of carbonyl (C=O) groups is 2. The van der Waals surface area contributed by atoms with Gasteiger partial charge in [0.1, 0.15) is 4.88 Å². The molecule has 0 aliphatic carbocycles. The Morgan fingerprint density at radius 2 is 2.20 bits per heavy atom. The molecule has 2 N–H and O–H groups in total. The first kappa shape index (κ1) is 12.0. The summed E-state index contributed by atoms with van der Waals surface area (Å²) in [6.07, 6.45) is 0. The van der Waals surface area contributed by atoms with Crippen molar-refractivity contribution in [1.82, 2.24) is 10.6 Å². The minimum atomic E-state index is -0.318. The fourth-order valence-electron chi connectivity index (χ4n) is 0.912. The van der Waals surface area contributed by atoms with Crippen LogP contribution in [-0.4, -0.2) is 25.4 Å². The van der Waals surface area contributed by atoms with Crippen molar-refractivity contribution in [2.24, 2.45) is 0 Å². The van der Waals surface area contributed by atoms with Crippen LogP contribution in [0.3, 0.4) is 0 Å². The standard InChI is InChI=1S/C9H11ClN2O2S/c1-5-4-15-8(7(5)10)9(14)12-3-6(13)11-2/h4H,3H2,1-2H3,(H,11,13)(H,12,14). The van der Waals surface area contributed by atoms with E-state index < -0.39 is 0 Å². The predicted molar refractivity (Wildman–Crippen MR) is 60.5 cm³/mol. The molecule has 2 amide bonds. The molecule has 0 saturated heterocycles. The number of carbonyl (C=O) groups excluding carboxylic acids is 2. The number of likely N-dealkylation sites (N-methyl/N-ethyl adjacent to an activating group) is 1. The van der Waals surface area contributed by atoms with Gasteiger partial charge in [0.2, 0.25) is 5.91 Å². The highest BCUT2D eigenvalue weighted by Gasteiger charge is 2.14. The zero-order valence-electron chi connectivity index (χ0n) is 8.39. The van der Waals surface area contributed by atoms with Gasteiger partial charge >= 0.3 is 0 Å². The van der Waals surface area contributed by atoms with Crippen LogP contribution in [0.5, 0.6) is 0 Å². The third kappa shape index (κ3) is 2.94. The van der Waals surface area contributed by atoms with Crippen molar-refractivity contribution in [2.45, 2.75) is 6.92 Å². The topological polar surface area (TPSA) is 58.2 Å². The van der Waals surface area contributed by atoms with E-state index in [1.807, 2.05) is 6.92 Å². The van der Waals surface area contributed by atoms with Gasteiger partial charge in [-0.2, -0.15) is 0 Å². The van der Waals surface area contributed by atoms with Gasteiger partial charge in [0.05, 0.1) is 11.6 Å². The maximum atomic E-state index is 11.5. The monoisotopic (exact) mass is 246 g/mol. The number of thiophene rings is 1. The molecule has 1 aromatic rings. The summed E-state index contributed by atoms with van der Waals surface area (Å²) in [5.41, 5.74) is 0.867. The van der Waals surface area contributed by atoms with Gasteiger partial charge in [0.15, 0.2) is 0 Å². The smallest absolute Gasteiger partial charge is 0.263 e. The van der Waals surface area contributed by atoms with Crippen molar-refractivity contribution in [2.75, 3.05) is 13.6 Å². The Bertz CT molecular complexity index is 389. The van der Waals surface area contributed by atoms with Gasteiger partial charge in [0, 0.05) is 7.05 Å². The molecule has 0 fully saturated rings. The van der Waals surface area contributed by atoms with Gasteiger partial charge in [-0.3, -0.25) is 9.59 Å². The molecule has 82 valence electrons. The van der Waals surface area contributed by atoms with Gasteiger partial charge in [-0.1, -0.05) is 11.6 Å². The molecule has 0 atom stereocenters. The summed E-state index contributed by atoms with van der Waals surface area (Å²) >= 11 is 7.17. The first-order valence-corrected chi connectivity index (χ1v) is 5.54. The Hall–Kier alpha value is -1.07. The summed E-state index contributed by atoms with van der Waals surface area (Å²) in [5, 5.41) is 7.14. The minimum Gasteiger partial charge on any atom is -0.358 e. The first-order valence-electron chi connectivity index (χ1n) is 4.28. The van der Waals surface area contributed by atoms with E-state index in [1.54, 1.807) is 5.38 Å². The first-order chi connectivity index (χ1) is 7.06. The van der Waals surface area contributed by atoms with E-state index in [-0.39, 0.29) is 18.4 Å². The fraction of sp³-hybridized carbons (Fsp3) is 0.333. The van der Waals surface area contributed by atoms with Crippen LogP contribution in [0.2, 0.25) is 5.02 Å². The Labute approximate surface area is 96.6 Å². The van der Waals surface area contributed by atoms with Crippen molar-refractivity contribution in [3.63, 3.8) is 0 Å². The van der Waals surface area contributed by atoms with Crippen LogP contribution in [-0.2, 0) is 4.79 Å². The summed E-state index contributed by atoms with van der Waals surface area (Å²) in [7, 11) is 1.51. The quantitative estimate of drug-likeness (QED) is 0.842. The third-order valence-corrected chi connectivity index (χ3v) is 3.49. The van der Waals surface area contributed by atoms with Crippen molar-refractivity contribution < 1.29 is 9.59 Å². The molecule has 6 heteroatoms. The molecule has 0 radical (unpaired) electrons. The van der Waals surface area contributed by atoms with Gasteiger partial charge < -0.3 is 10.6 Å². The fourth-order valence-corrected chi connectivity index (χ4v) is 2.11. The second kappa shape index (κ2) is 5.14. The molecule has 0 aliphatic rings. The third-order valence-electron chi connectivity index (χ3n) is 1.79. The maximum Gasteiger partial charge on any atom is 0.263 e. The molecule has 1 rings (SSSR count). The van der Waals surface area contributed by atoms with Crippen LogP contribution in [0.4, 0.5) is 0 Å². The van der Waals surface area contributed by atoms with Crippen LogP contribution in [0, 0.1) is 6.92 Å². The molecule has 0 unspecified atom stereocenters. The summed E-state index contributed by atoms with van der Waals surface area (Å²) in [6, 6.07) is 0. The summed E-state index contributed by atoms with van der Waals surface area (Å²) < 4.78 is 0. The van der Waals surface area contributed by atoms with Crippen LogP contribution in [0.15, 0.2) is 5.38 Å². The van der Waals surface area contributed by atoms with Crippen LogP contribution in [0.1, 0.15) is 15.2 Å². The van der Waals surface area contributed by atoms with Gasteiger partial charge in [-0.05, 0) is 17.9 Å². The van der Waals surface area contributed by atoms with Crippen LogP contribution >= 0.6 is 22.9 Å². The lowest BCUT2D eigenvalue weighted by Gasteiger charge is -2.02. The molecule has 0 aromatic carbocycles. The number of aryl methyl sites for hydroxylation is 1. The molecule has 0 saturated carbocycles. The Morgan fingerprint density at radius 3 is 2.67 bits per heavy atom. The Kier molecular flexibility index (Phi) is 4.11. The number of hydrogen-bond acceptors (Lipinski definition) is 3. The number of nitrogens with one attached hydrogen (secondary N) is 2. The lowest BCUT2D eigenvalue weighted by atomic mass is 10.3. The second-order valence-electron chi connectivity index (χ2n) is 2.92. The minimum absolute atomic E-state index is 0.0391. The highest BCUT2D eigenvalue weighted by molar-refractivity contribution is 7.13.